The third-order valence-corrected chi connectivity index (χ3v) is 5.51. The Hall–Kier alpha value is -2.46. The molecule has 2 aromatic carbocycles. The van der Waals surface area contributed by atoms with Crippen LogP contribution in [-0.2, 0) is 6.42 Å². The monoisotopic (exact) mass is 347 g/mol. The third-order valence-electron chi connectivity index (χ3n) is 5.51. The van der Waals surface area contributed by atoms with E-state index < -0.39 is 0 Å². The van der Waals surface area contributed by atoms with Gasteiger partial charge in [0.15, 0.2) is 0 Å². The quantitative estimate of drug-likeness (QED) is 0.704. The summed E-state index contributed by atoms with van der Waals surface area (Å²) in [5.74, 6) is 0. The van der Waals surface area contributed by atoms with Crippen molar-refractivity contribution in [3.8, 4) is 5.69 Å². The predicted molar refractivity (Wildman–Crippen MR) is 106 cm³/mol. The second-order valence-corrected chi connectivity index (χ2v) is 7.13. The molecule has 1 aliphatic rings. The van der Waals surface area contributed by atoms with Crippen LogP contribution in [0.15, 0.2) is 59.5 Å². The minimum Gasteiger partial charge on any atom is -0.300 e. The number of hydrogen-bond acceptors (Lipinski definition) is 3. The van der Waals surface area contributed by atoms with Crippen LogP contribution < -0.4 is 5.56 Å². The third kappa shape index (κ3) is 3.42. The number of rotatable bonds is 5. The van der Waals surface area contributed by atoms with Gasteiger partial charge in [-0.05, 0) is 66.8 Å². The molecular formula is C22H25N3O. The van der Waals surface area contributed by atoms with E-state index in [1.807, 2.05) is 12.1 Å². The highest BCUT2D eigenvalue weighted by atomic mass is 16.1. The van der Waals surface area contributed by atoms with Crippen molar-refractivity contribution in [1.82, 2.24) is 14.7 Å². The van der Waals surface area contributed by atoms with E-state index in [1.165, 1.54) is 47.5 Å². The lowest BCUT2D eigenvalue weighted by Gasteiger charge is -2.23. The average Bonchev–Trinajstić information content (AvgIpc) is 3.14. The zero-order valence-electron chi connectivity index (χ0n) is 15.3. The largest absolute Gasteiger partial charge is 0.300 e. The smallest absolute Gasteiger partial charge is 0.271 e. The van der Waals surface area contributed by atoms with Crippen molar-refractivity contribution in [2.24, 2.45) is 0 Å². The molecular weight excluding hydrogens is 322 g/mol. The highest BCUT2D eigenvalue weighted by molar-refractivity contribution is 5.85. The average molecular weight is 347 g/mol. The molecule has 0 bridgehead atoms. The standard InChI is InChI=1S/C22H25N3O/c1-2-20-5-4-13-24(20)14-11-17-7-8-19-16-21(10-9-18(19)15-17)25-22(26)6-3-12-23-25/h3,6-10,12,15-16,20H,2,4-5,11,13-14H2,1H3/t20-/m1/s1. The van der Waals surface area contributed by atoms with Crippen molar-refractivity contribution < 1.29 is 0 Å². The lowest BCUT2D eigenvalue weighted by molar-refractivity contribution is 0.251. The van der Waals surface area contributed by atoms with Crippen LogP contribution in [0.25, 0.3) is 16.5 Å². The van der Waals surface area contributed by atoms with Crippen LogP contribution in [0.1, 0.15) is 31.7 Å². The summed E-state index contributed by atoms with van der Waals surface area (Å²) in [4.78, 5) is 14.6. The minimum atomic E-state index is -0.112. The molecule has 1 aliphatic heterocycles. The van der Waals surface area contributed by atoms with E-state index in [1.54, 1.807) is 12.3 Å². The Balaban J connectivity index is 1.54. The molecule has 26 heavy (non-hydrogen) atoms. The van der Waals surface area contributed by atoms with Gasteiger partial charge in [0.1, 0.15) is 0 Å². The van der Waals surface area contributed by atoms with Crippen molar-refractivity contribution in [2.75, 3.05) is 13.1 Å². The fraction of sp³-hybridized carbons (Fsp3) is 0.364. The number of fused-ring (bicyclic) bond motifs is 1. The molecule has 1 atom stereocenters. The molecule has 4 rings (SSSR count). The van der Waals surface area contributed by atoms with Crippen molar-refractivity contribution in [3.63, 3.8) is 0 Å². The van der Waals surface area contributed by atoms with E-state index in [9.17, 15) is 4.79 Å². The normalized spacial score (nSPS) is 17.8. The Morgan fingerprint density at radius 1 is 1.12 bits per heavy atom. The summed E-state index contributed by atoms with van der Waals surface area (Å²) in [6.45, 7) is 4.68. The Bertz CT molecular complexity index is 963. The van der Waals surface area contributed by atoms with Gasteiger partial charge in [0.2, 0.25) is 0 Å². The van der Waals surface area contributed by atoms with Crippen LogP contribution in [0.2, 0.25) is 0 Å². The maximum atomic E-state index is 12.0. The SMILES string of the molecule is CC[C@@H]1CCCN1CCc1ccc2cc(-n3ncccc3=O)ccc2c1. The summed E-state index contributed by atoms with van der Waals surface area (Å²) in [7, 11) is 0. The van der Waals surface area contributed by atoms with Gasteiger partial charge in [0.05, 0.1) is 5.69 Å². The highest BCUT2D eigenvalue weighted by Crippen LogP contribution is 2.22. The van der Waals surface area contributed by atoms with Crippen molar-refractivity contribution in [3.05, 3.63) is 70.6 Å². The molecule has 1 aromatic heterocycles. The van der Waals surface area contributed by atoms with Gasteiger partial charge in [-0.3, -0.25) is 4.79 Å². The van der Waals surface area contributed by atoms with Gasteiger partial charge in [-0.15, -0.1) is 0 Å². The first-order valence-electron chi connectivity index (χ1n) is 9.56. The maximum absolute atomic E-state index is 12.0. The molecule has 0 saturated carbocycles. The van der Waals surface area contributed by atoms with Crippen LogP contribution >= 0.6 is 0 Å². The summed E-state index contributed by atoms with van der Waals surface area (Å²) in [5.41, 5.74) is 2.07. The molecule has 0 unspecified atom stereocenters. The molecule has 4 nitrogen and oxygen atoms in total. The topological polar surface area (TPSA) is 38.1 Å². The molecule has 4 heteroatoms. The Morgan fingerprint density at radius 2 is 1.96 bits per heavy atom. The first-order valence-corrected chi connectivity index (χ1v) is 9.56. The zero-order chi connectivity index (χ0) is 17.9. The zero-order valence-corrected chi connectivity index (χ0v) is 15.3. The van der Waals surface area contributed by atoms with Gasteiger partial charge in [-0.1, -0.05) is 31.2 Å². The lowest BCUT2D eigenvalue weighted by atomic mass is 10.0. The molecule has 0 N–H and O–H groups in total. The summed E-state index contributed by atoms with van der Waals surface area (Å²) < 4.78 is 1.44. The second kappa shape index (κ2) is 7.42. The number of likely N-dealkylation sites (tertiary alicyclic amines) is 1. The second-order valence-electron chi connectivity index (χ2n) is 7.13. The molecule has 0 aliphatic carbocycles. The first kappa shape index (κ1) is 17.0. The molecule has 1 saturated heterocycles. The van der Waals surface area contributed by atoms with Gasteiger partial charge in [0, 0.05) is 24.8 Å². The number of hydrogen-bond donors (Lipinski definition) is 0. The van der Waals surface area contributed by atoms with Crippen molar-refractivity contribution in [1.29, 1.82) is 0 Å². The summed E-state index contributed by atoms with van der Waals surface area (Å²) in [5, 5.41) is 6.51. The maximum Gasteiger partial charge on any atom is 0.271 e. The molecule has 3 aromatic rings. The fourth-order valence-electron chi connectivity index (χ4n) is 4.05. The summed E-state index contributed by atoms with van der Waals surface area (Å²) in [6.07, 6.45) is 6.67. The highest BCUT2D eigenvalue weighted by Gasteiger charge is 2.21. The van der Waals surface area contributed by atoms with Gasteiger partial charge >= 0.3 is 0 Å². The lowest BCUT2D eigenvalue weighted by Crippen LogP contribution is -2.30. The van der Waals surface area contributed by atoms with Gasteiger partial charge in [0.25, 0.3) is 5.56 Å². The number of benzene rings is 2. The van der Waals surface area contributed by atoms with E-state index in [4.69, 9.17) is 0 Å². The van der Waals surface area contributed by atoms with Crippen molar-refractivity contribution >= 4 is 10.8 Å². The van der Waals surface area contributed by atoms with E-state index >= 15 is 0 Å². The molecule has 0 amide bonds. The molecule has 2 heterocycles. The first-order chi connectivity index (χ1) is 12.7. The Labute approximate surface area is 154 Å². The van der Waals surface area contributed by atoms with Gasteiger partial charge in [-0.25, -0.2) is 0 Å². The van der Waals surface area contributed by atoms with E-state index in [0.717, 1.165) is 30.1 Å². The van der Waals surface area contributed by atoms with Crippen LogP contribution in [0.5, 0.6) is 0 Å². The van der Waals surface area contributed by atoms with Crippen LogP contribution in [-0.4, -0.2) is 33.8 Å². The fourth-order valence-corrected chi connectivity index (χ4v) is 4.05. The predicted octanol–water partition coefficient (Wildman–Crippen LogP) is 3.80. The number of aromatic nitrogens is 2. The van der Waals surface area contributed by atoms with Crippen molar-refractivity contribution in [2.45, 2.75) is 38.6 Å². The van der Waals surface area contributed by atoms with Gasteiger partial charge < -0.3 is 4.90 Å². The molecule has 0 spiro atoms. The van der Waals surface area contributed by atoms with Crippen LogP contribution in [0.3, 0.4) is 0 Å². The van der Waals surface area contributed by atoms with Crippen LogP contribution in [0, 0.1) is 0 Å². The molecule has 0 radical (unpaired) electrons. The Kier molecular flexibility index (Phi) is 4.85. The molecule has 134 valence electrons. The summed E-state index contributed by atoms with van der Waals surface area (Å²) >= 11 is 0. The minimum absolute atomic E-state index is 0.112. The molecule has 1 fully saturated rings. The summed E-state index contributed by atoms with van der Waals surface area (Å²) in [6, 6.07) is 16.7. The van der Waals surface area contributed by atoms with E-state index in [0.29, 0.717) is 0 Å². The number of nitrogens with zero attached hydrogens (tertiary/aromatic N) is 3. The Morgan fingerprint density at radius 3 is 2.81 bits per heavy atom. The van der Waals surface area contributed by atoms with Crippen LogP contribution in [0.4, 0.5) is 0 Å². The van der Waals surface area contributed by atoms with E-state index in [2.05, 4.69) is 41.2 Å². The van der Waals surface area contributed by atoms with E-state index in [-0.39, 0.29) is 5.56 Å². The van der Waals surface area contributed by atoms with Gasteiger partial charge in [-0.2, -0.15) is 9.78 Å².